The second kappa shape index (κ2) is 10.7. The van der Waals surface area contributed by atoms with E-state index in [9.17, 15) is 4.79 Å². The molecule has 4 rings (SSSR count). The first-order valence-corrected chi connectivity index (χ1v) is 11.7. The minimum Gasteiger partial charge on any atom is -0.495 e. The number of thioether (sulfide) groups is 1. The van der Waals surface area contributed by atoms with Crippen LogP contribution in [0.15, 0.2) is 64.4 Å². The predicted octanol–water partition coefficient (Wildman–Crippen LogP) is 5.30. The zero-order chi connectivity index (χ0) is 24.1. The van der Waals surface area contributed by atoms with Crippen molar-refractivity contribution in [2.75, 3.05) is 25.3 Å². The third-order valence-electron chi connectivity index (χ3n) is 5.08. The van der Waals surface area contributed by atoms with E-state index in [2.05, 4.69) is 15.5 Å². The Kier molecular flexibility index (Phi) is 7.44. The van der Waals surface area contributed by atoms with Crippen LogP contribution in [0.4, 0.5) is 5.69 Å². The molecule has 0 saturated carbocycles. The Labute approximate surface area is 206 Å². The van der Waals surface area contributed by atoms with E-state index in [4.69, 9.17) is 25.5 Å². The maximum atomic E-state index is 12.7. The molecule has 176 valence electrons. The number of hydrogen-bond acceptors (Lipinski definition) is 7. The third kappa shape index (κ3) is 5.21. The average Bonchev–Trinajstić information content (AvgIpc) is 3.44. The molecule has 0 radical (unpaired) electrons. The van der Waals surface area contributed by atoms with Crippen molar-refractivity contribution >= 4 is 35.0 Å². The van der Waals surface area contributed by atoms with E-state index in [-0.39, 0.29) is 11.7 Å². The number of rotatable bonds is 9. The van der Waals surface area contributed by atoms with E-state index in [0.29, 0.717) is 39.7 Å². The normalized spacial score (nSPS) is 10.8. The summed E-state index contributed by atoms with van der Waals surface area (Å²) in [5, 5.41) is 12.6. The summed E-state index contributed by atoms with van der Waals surface area (Å²) in [5.41, 5.74) is 2.41. The van der Waals surface area contributed by atoms with Gasteiger partial charge in [-0.1, -0.05) is 53.7 Å². The number of amides is 1. The molecular formula is C24H23ClN4O4S. The Morgan fingerprint density at radius 3 is 2.56 bits per heavy atom. The van der Waals surface area contributed by atoms with E-state index < -0.39 is 0 Å². The number of carbonyl (C=O) groups is 1. The van der Waals surface area contributed by atoms with Crippen molar-refractivity contribution < 1.29 is 18.7 Å². The molecule has 10 heteroatoms. The van der Waals surface area contributed by atoms with Gasteiger partial charge in [0.2, 0.25) is 5.91 Å². The molecule has 0 aliphatic heterocycles. The minimum atomic E-state index is -0.236. The van der Waals surface area contributed by atoms with E-state index >= 15 is 0 Å². The van der Waals surface area contributed by atoms with Gasteiger partial charge in [-0.25, -0.2) is 0 Å². The number of aromatic nitrogens is 3. The molecule has 2 heterocycles. The van der Waals surface area contributed by atoms with Gasteiger partial charge in [-0.05, 0) is 24.6 Å². The van der Waals surface area contributed by atoms with Crippen LogP contribution in [-0.2, 0) is 11.3 Å². The maximum Gasteiger partial charge on any atom is 0.234 e. The summed E-state index contributed by atoms with van der Waals surface area (Å²) in [6, 6.07) is 15.1. The lowest BCUT2D eigenvalue weighted by Gasteiger charge is -2.13. The number of carbonyl (C=O) groups excluding carboxylic acids is 1. The van der Waals surface area contributed by atoms with Crippen molar-refractivity contribution in [3.63, 3.8) is 0 Å². The zero-order valence-corrected chi connectivity index (χ0v) is 20.4. The van der Waals surface area contributed by atoms with Gasteiger partial charge in [0.25, 0.3) is 0 Å². The van der Waals surface area contributed by atoms with Crippen LogP contribution < -0.4 is 14.8 Å². The highest BCUT2D eigenvalue weighted by Crippen LogP contribution is 2.36. The number of nitrogens with one attached hydrogen (secondary N) is 1. The number of furan rings is 1. The summed E-state index contributed by atoms with van der Waals surface area (Å²) in [6.07, 6.45) is 1.62. The lowest BCUT2D eigenvalue weighted by atomic mass is 10.2. The third-order valence-corrected chi connectivity index (χ3v) is 6.34. The number of ether oxygens (including phenoxy) is 2. The van der Waals surface area contributed by atoms with Crippen molar-refractivity contribution in [1.82, 2.24) is 14.8 Å². The number of halogens is 1. The molecule has 0 fully saturated rings. The summed E-state index contributed by atoms with van der Waals surface area (Å²) in [5.74, 6) is 2.22. The number of hydrogen-bond donors (Lipinski definition) is 1. The first kappa shape index (κ1) is 23.7. The van der Waals surface area contributed by atoms with Crippen LogP contribution >= 0.6 is 23.4 Å². The molecule has 8 nitrogen and oxygen atoms in total. The molecular weight excluding hydrogens is 476 g/mol. The molecule has 0 saturated heterocycles. The Morgan fingerprint density at radius 1 is 1.12 bits per heavy atom. The SMILES string of the molecule is COc1cc(OC)c(NC(=O)CSc2nnc(-c3ccoc3C)n2Cc2ccccc2)cc1Cl. The van der Waals surface area contributed by atoms with Crippen LogP contribution in [0.3, 0.4) is 0 Å². The average molecular weight is 499 g/mol. The van der Waals surface area contributed by atoms with Gasteiger partial charge < -0.3 is 19.2 Å². The van der Waals surface area contributed by atoms with Crippen molar-refractivity contribution in [2.24, 2.45) is 0 Å². The Morgan fingerprint density at radius 2 is 1.88 bits per heavy atom. The predicted molar refractivity (Wildman–Crippen MR) is 132 cm³/mol. The summed E-state index contributed by atoms with van der Waals surface area (Å²) in [7, 11) is 3.03. The second-order valence-electron chi connectivity index (χ2n) is 7.29. The Hall–Kier alpha value is -3.43. The van der Waals surface area contributed by atoms with Crippen LogP contribution in [0, 0.1) is 6.92 Å². The molecule has 0 bridgehead atoms. The van der Waals surface area contributed by atoms with Crippen LogP contribution in [0.2, 0.25) is 5.02 Å². The van der Waals surface area contributed by atoms with E-state index in [1.165, 1.54) is 26.0 Å². The van der Waals surface area contributed by atoms with Gasteiger partial charge in [-0.3, -0.25) is 9.36 Å². The molecule has 0 unspecified atom stereocenters. The van der Waals surface area contributed by atoms with Gasteiger partial charge in [0.05, 0.1) is 49.1 Å². The summed E-state index contributed by atoms with van der Waals surface area (Å²) in [4.78, 5) is 12.7. The molecule has 0 aliphatic rings. The summed E-state index contributed by atoms with van der Waals surface area (Å²) in [6.45, 7) is 2.43. The highest BCUT2D eigenvalue weighted by Gasteiger charge is 2.19. The van der Waals surface area contributed by atoms with Gasteiger partial charge in [-0.15, -0.1) is 10.2 Å². The topological polar surface area (TPSA) is 91.4 Å². The molecule has 2 aromatic heterocycles. The number of methoxy groups -OCH3 is 2. The zero-order valence-electron chi connectivity index (χ0n) is 18.9. The fraction of sp³-hybridized carbons (Fsp3) is 0.208. The smallest absolute Gasteiger partial charge is 0.234 e. The molecule has 0 aliphatic carbocycles. The fourth-order valence-corrected chi connectivity index (χ4v) is 4.37. The van der Waals surface area contributed by atoms with Gasteiger partial charge in [0.1, 0.15) is 17.3 Å². The molecule has 1 N–H and O–H groups in total. The van der Waals surface area contributed by atoms with Gasteiger partial charge in [0.15, 0.2) is 11.0 Å². The van der Waals surface area contributed by atoms with Crippen LogP contribution in [0.5, 0.6) is 11.5 Å². The lowest BCUT2D eigenvalue weighted by Crippen LogP contribution is -2.15. The quantitative estimate of drug-likeness (QED) is 0.313. The number of benzene rings is 2. The lowest BCUT2D eigenvalue weighted by molar-refractivity contribution is -0.113. The van der Waals surface area contributed by atoms with Crippen LogP contribution in [0.25, 0.3) is 11.4 Å². The molecule has 0 spiro atoms. The standard InChI is InChI=1S/C24H23ClN4O4S/c1-15-17(9-10-33-15)23-27-28-24(29(23)13-16-7-5-4-6-8-16)34-14-22(30)26-19-11-18(25)20(31-2)12-21(19)32-3/h4-12H,13-14H2,1-3H3,(H,26,30). The summed E-state index contributed by atoms with van der Waals surface area (Å²) >= 11 is 7.50. The molecule has 2 aromatic carbocycles. The second-order valence-corrected chi connectivity index (χ2v) is 8.64. The largest absolute Gasteiger partial charge is 0.495 e. The molecule has 34 heavy (non-hydrogen) atoms. The minimum absolute atomic E-state index is 0.115. The van der Waals surface area contributed by atoms with Crippen molar-refractivity contribution in [1.29, 1.82) is 0 Å². The van der Waals surface area contributed by atoms with Crippen molar-refractivity contribution in [3.8, 4) is 22.9 Å². The van der Waals surface area contributed by atoms with Crippen LogP contribution in [0.1, 0.15) is 11.3 Å². The maximum absolute atomic E-state index is 12.7. The molecule has 0 atom stereocenters. The number of aryl methyl sites for hydroxylation is 1. The van der Waals surface area contributed by atoms with E-state index in [1.54, 1.807) is 18.4 Å². The van der Waals surface area contributed by atoms with Gasteiger partial charge in [0, 0.05) is 6.07 Å². The highest BCUT2D eigenvalue weighted by atomic mass is 35.5. The Balaban J connectivity index is 1.54. The first-order valence-electron chi connectivity index (χ1n) is 10.4. The Bertz CT molecular complexity index is 1290. The number of anilines is 1. The molecule has 4 aromatic rings. The molecule has 1 amide bonds. The fourth-order valence-electron chi connectivity index (χ4n) is 3.39. The van der Waals surface area contributed by atoms with E-state index in [0.717, 1.165) is 16.9 Å². The van der Waals surface area contributed by atoms with Crippen molar-refractivity contribution in [2.45, 2.75) is 18.6 Å². The monoisotopic (exact) mass is 498 g/mol. The van der Waals surface area contributed by atoms with Gasteiger partial charge >= 0.3 is 0 Å². The van der Waals surface area contributed by atoms with Crippen LogP contribution in [-0.4, -0.2) is 40.6 Å². The summed E-state index contributed by atoms with van der Waals surface area (Å²) < 4.78 is 18.0. The van der Waals surface area contributed by atoms with Gasteiger partial charge in [-0.2, -0.15) is 0 Å². The van der Waals surface area contributed by atoms with E-state index in [1.807, 2.05) is 47.9 Å². The first-order chi connectivity index (χ1) is 16.5. The number of nitrogens with zero attached hydrogens (tertiary/aromatic N) is 3. The van der Waals surface area contributed by atoms with Crippen molar-refractivity contribution in [3.05, 3.63) is 71.1 Å². The highest BCUT2D eigenvalue weighted by molar-refractivity contribution is 7.99.